The molecule has 0 bridgehead atoms. The molecule has 1 aromatic carbocycles. The van der Waals surface area contributed by atoms with Gasteiger partial charge in [-0.2, -0.15) is 0 Å². The molecule has 2 fully saturated rings. The van der Waals surface area contributed by atoms with E-state index in [0.717, 1.165) is 87.8 Å². The third-order valence-corrected chi connectivity index (χ3v) is 10.5. The Bertz CT molecular complexity index is 1730. The van der Waals surface area contributed by atoms with E-state index in [0.29, 0.717) is 54.5 Å². The van der Waals surface area contributed by atoms with E-state index in [4.69, 9.17) is 20.0 Å². The second-order valence-corrected chi connectivity index (χ2v) is 15.4. The molecule has 3 heterocycles. The van der Waals surface area contributed by atoms with Gasteiger partial charge in [0.15, 0.2) is 0 Å². The topological polar surface area (TPSA) is 154 Å². The SMILES string of the molecule is COc1ccc(C(=O)N(CC(C)(C)CCCCCCN=[N+]=[N-])c2cccc(C)n2)c(N2CCC(COc3cc([C@@H](CC(=O)O)C4CC4)ccn3)CC2)c1. The van der Waals surface area contributed by atoms with Crippen LogP contribution in [0.1, 0.15) is 106 Å². The van der Waals surface area contributed by atoms with E-state index >= 15 is 0 Å². The number of ether oxygens (including phenoxy) is 2. The van der Waals surface area contributed by atoms with Gasteiger partial charge in [-0.25, -0.2) is 9.97 Å². The lowest BCUT2D eigenvalue weighted by Gasteiger charge is -2.36. The van der Waals surface area contributed by atoms with Gasteiger partial charge in [0.05, 0.1) is 31.4 Å². The van der Waals surface area contributed by atoms with Crippen LogP contribution >= 0.6 is 0 Å². The van der Waals surface area contributed by atoms with Crippen molar-refractivity contribution in [3.8, 4) is 11.6 Å². The predicted molar refractivity (Wildman–Crippen MR) is 207 cm³/mol. The molecule has 0 spiro atoms. The van der Waals surface area contributed by atoms with Crippen LogP contribution in [0.2, 0.25) is 0 Å². The highest BCUT2D eigenvalue weighted by atomic mass is 16.5. The van der Waals surface area contributed by atoms with Crippen LogP contribution in [0.15, 0.2) is 59.8 Å². The van der Waals surface area contributed by atoms with Crippen LogP contribution in [-0.2, 0) is 4.79 Å². The largest absolute Gasteiger partial charge is 0.497 e. The Morgan fingerprint density at radius 2 is 1.85 bits per heavy atom. The van der Waals surface area contributed by atoms with Crippen LogP contribution in [0.4, 0.5) is 11.5 Å². The Morgan fingerprint density at radius 3 is 2.55 bits per heavy atom. The summed E-state index contributed by atoms with van der Waals surface area (Å²) in [6.07, 6.45) is 10.6. The molecule has 1 saturated heterocycles. The number of aromatic nitrogens is 2. The third kappa shape index (κ3) is 11.6. The number of nitrogens with zero attached hydrogens (tertiary/aromatic N) is 7. The number of anilines is 2. The number of aliphatic carboxylic acids is 1. The highest BCUT2D eigenvalue weighted by Gasteiger charge is 2.34. The molecular formula is C41H55N7O5. The van der Waals surface area contributed by atoms with Gasteiger partial charge < -0.3 is 19.5 Å². The summed E-state index contributed by atoms with van der Waals surface area (Å²) in [6.45, 7) is 9.43. The van der Waals surface area contributed by atoms with Crippen molar-refractivity contribution in [1.29, 1.82) is 0 Å². The van der Waals surface area contributed by atoms with E-state index in [1.165, 1.54) is 0 Å². The number of carbonyl (C=O) groups is 2. The summed E-state index contributed by atoms with van der Waals surface area (Å²) >= 11 is 0. The number of azide groups is 1. The predicted octanol–water partition coefficient (Wildman–Crippen LogP) is 8.99. The average Bonchev–Trinajstić information content (AvgIpc) is 4.00. The minimum Gasteiger partial charge on any atom is -0.497 e. The average molecular weight is 726 g/mol. The lowest BCUT2D eigenvalue weighted by Crippen LogP contribution is -2.41. The zero-order valence-corrected chi connectivity index (χ0v) is 31.7. The molecule has 284 valence electrons. The van der Waals surface area contributed by atoms with Crippen molar-refractivity contribution in [2.45, 2.75) is 90.9 Å². The maximum Gasteiger partial charge on any atom is 0.303 e. The molecule has 2 aromatic heterocycles. The monoisotopic (exact) mass is 725 g/mol. The Morgan fingerprint density at radius 1 is 1.08 bits per heavy atom. The minimum absolute atomic E-state index is 0.00290. The normalized spacial score (nSPS) is 15.4. The summed E-state index contributed by atoms with van der Waals surface area (Å²) in [5, 5.41) is 13.1. The van der Waals surface area contributed by atoms with E-state index in [1.54, 1.807) is 13.3 Å². The molecule has 1 saturated carbocycles. The summed E-state index contributed by atoms with van der Waals surface area (Å²) in [6, 6.07) is 15.3. The molecule has 53 heavy (non-hydrogen) atoms. The van der Waals surface area contributed by atoms with Crippen LogP contribution in [0.25, 0.3) is 10.4 Å². The zero-order valence-electron chi connectivity index (χ0n) is 31.7. The quantitative estimate of drug-likeness (QED) is 0.0524. The second-order valence-electron chi connectivity index (χ2n) is 15.4. The van der Waals surface area contributed by atoms with Crippen molar-refractivity contribution in [3.05, 3.63) is 82.0 Å². The smallest absolute Gasteiger partial charge is 0.303 e. The van der Waals surface area contributed by atoms with Gasteiger partial charge in [0.2, 0.25) is 5.88 Å². The summed E-state index contributed by atoms with van der Waals surface area (Å²) in [7, 11) is 1.64. The van der Waals surface area contributed by atoms with Crippen LogP contribution in [0, 0.1) is 24.2 Å². The lowest BCUT2D eigenvalue weighted by atomic mass is 9.86. The Kier molecular flexibility index (Phi) is 14.0. The Hall–Kier alpha value is -4.83. The van der Waals surface area contributed by atoms with E-state index in [9.17, 15) is 14.7 Å². The van der Waals surface area contributed by atoms with Gasteiger partial charge in [0.1, 0.15) is 11.6 Å². The number of carboxylic acid groups (broad SMARTS) is 1. The maximum atomic E-state index is 14.7. The van der Waals surface area contributed by atoms with Gasteiger partial charge >= 0.3 is 5.97 Å². The first-order chi connectivity index (χ1) is 25.6. The minimum atomic E-state index is -0.778. The van der Waals surface area contributed by atoms with Gasteiger partial charge in [-0.05, 0) is 110 Å². The van der Waals surface area contributed by atoms with Crippen molar-refractivity contribution < 1.29 is 24.2 Å². The van der Waals surface area contributed by atoms with Crippen molar-refractivity contribution in [1.82, 2.24) is 9.97 Å². The molecule has 2 aliphatic rings. The van der Waals surface area contributed by atoms with Gasteiger partial charge in [0.25, 0.3) is 5.91 Å². The van der Waals surface area contributed by atoms with Crippen LogP contribution < -0.4 is 19.3 Å². The van der Waals surface area contributed by atoms with Crippen LogP contribution in [0.5, 0.6) is 11.6 Å². The number of carbonyl (C=O) groups excluding carboxylic acids is 1. The van der Waals surface area contributed by atoms with Crippen molar-refractivity contribution in [2.24, 2.45) is 22.4 Å². The highest BCUT2D eigenvalue weighted by Crippen LogP contribution is 2.45. The zero-order chi connectivity index (χ0) is 37.8. The van der Waals surface area contributed by atoms with E-state index in [2.05, 4.69) is 33.8 Å². The first kappa shape index (κ1) is 39.4. The fourth-order valence-electron chi connectivity index (χ4n) is 7.38. The number of pyridine rings is 2. The van der Waals surface area contributed by atoms with Crippen molar-refractivity contribution in [2.75, 3.05) is 49.7 Å². The first-order valence-corrected chi connectivity index (χ1v) is 19.1. The first-order valence-electron chi connectivity index (χ1n) is 19.1. The number of methoxy groups -OCH3 is 1. The Balaban J connectivity index is 1.26. The summed E-state index contributed by atoms with van der Waals surface area (Å²) in [5.41, 5.74) is 11.7. The van der Waals surface area contributed by atoms with Crippen LogP contribution in [-0.4, -0.2) is 66.8 Å². The number of unbranched alkanes of at least 4 members (excludes halogenated alkanes) is 3. The fourth-order valence-corrected chi connectivity index (χ4v) is 7.38. The molecule has 1 atom stereocenters. The number of benzene rings is 1. The Labute approximate surface area is 313 Å². The molecule has 0 radical (unpaired) electrons. The number of amides is 1. The maximum absolute atomic E-state index is 14.7. The molecule has 1 aliphatic carbocycles. The van der Waals surface area contributed by atoms with E-state index < -0.39 is 5.97 Å². The number of rotatable bonds is 20. The lowest BCUT2D eigenvalue weighted by molar-refractivity contribution is -0.137. The van der Waals surface area contributed by atoms with Gasteiger partial charge in [-0.1, -0.05) is 44.3 Å². The number of piperidine rings is 1. The summed E-state index contributed by atoms with van der Waals surface area (Å²) in [5.74, 6) is 1.74. The molecule has 1 aliphatic heterocycles. The van der Waals surface area contributed by atoms with Crippen molar-refractivity contribution >= 4 is 23.4 Å². The summed E-state index contributed by atoms with van der Waals surface area (Å²) in [4.78, 5) is 42.4. The molecule has 12 nitrogen and oxygen atoms in total. The number of hydrogen-bond donors (Lipinski definition) is 1. The molecule has 1 N–H and O–H groups in total. The molecule has 3 aromatic rings. The van der Waals surface area contributed by atoms with Gasteiger partial charge in [-0.15, -0.1) is 0 Å². The molecule has 12 heteroatoms. The fraction of sp³-hybridized carbons (Fsp3) is 0.561. The van der Waals surface area contributed by atoms with Gasteiger partial charge in [-0.3, -0.25) is 14.5 Å². The standard InChI is InChI=1S/C41H55N7O5/c1-29-10-9-11-37(45-29)48(28-41(2,3)19-7-5-6-8-20-44-46-42)40(51)34-15-14-33(52-4)25-36(34)47-22-17-30(18-23-47)27-53-38-24-32(16-21-43-38)35(26-39(49)50)31-12-13-31/h9-11,14-16,21,24-25,30-31,35H,5-8,12-13,17-20,22-23,26-28H2,1-4H3,(H,49,50)/t35-/m0/s1. The number of hydrogen-bond acceptors (Lipinski definition) is 8. The third-order valence-electron chi connectivity index (χ3n) is 10.5. The second kappa shape index (κ2) is 18.8. The summed E-state index contributed by atoms with van der Waals surface area (Å²) < 4.78 is 11.8. The molecule has 1 amide bonds. The molecular weight excluding hydrogens is 670 g/mol. The van der Waals surface area contributed by atoms with Crippen molar-refractivity contribution in [3.63, 3.8) is 0 Å². The highest BCUT2D eigenvalue weighted by molar-refractivity contribution is 6.09. The number of aryl methyl sites for hydroxylation is 1. The van der Waals surface area contributed by atoms with E-state index in [-0.39, 0.29) is 23.7 Å². The molecule has 5 rings (SSSR count). The van der Waals surface area contributed by atoms with Crippen LogP contribution in [0.3, 0.4) is 0 Å². The van der Waals surface area contributed by atoms with E-state index in [1.807, 2.05) is 60.4 Å². The molecule has 0 unspecified atom stereocenters. The number of carboxylic acids is 1. The van der Waals surface area contributed by atoms with Gasteiger partial charge in [0, 0.05) is 55.1 Å².